The molecular weight excluding hydrogens is 400 g/mol. The summed E-state index contributed by atoms with van der Waals surface area (Å²) in [6, 6.07) is 8.87. The molecule has 1 fully saturated rings. The number of hydrogen-bond acceptors (Lipinski definition) is 5. The fourth-order valence-corrected chi connectivity index (χ4v) is 3.22. The first-order valence-corrected chi connectivity index (χ1v) is 9.20. The Morgan fingerprint density at radius 1 is 0.967 bits per heavy atom. The molecule has 152 valence electrons. The number of alkyl halides is 3. The number of nitrogens with zero attached hydrogens (tertiary/aromatic N) is 5. The summed E-state index contributed by atoms with van der Waals surface area (Å²) in [6.45, 7) is 0. The third kappa shape index (κ3) is 3.44. The minimum Gasteiger partial charge on any atom is -0.324 e. The summed E-state index contributed by atoms with van der Waals surface area (Å²) in [5.41, 5.74) is 0.828. The highest BCUT2D eigenvalue weighted by Gasteiger charge is 2.31. The number of imidazole rings is 1. The predicted octanol–water partition coefficient (Wildman–Crippen LogP) is 4.99. The van der Waals surface area contributed by atoms with Gasteiger partial charge >= 0.3 is 6.18 Å². The molecule has 30 heavy (non-hydrogen) atoms. The fraction of sp³-hybridized carbons (Fsp3) is 0.200. The Hall–Kier alpha value is -3.56. The van der Waals surface area contributed by atoms with Crippen molar-refractivity contribution in [3.05, 3.63) is 66.0 Å². The van der Waals surface area contributed by atoms with E-state index in [-0.39, 0.29) is 17.8 Å². The molecule has 6 nitrogen and oxygen atoms in total. The Balaban J connectivity index is 1.51. The normalized spacial score (nSPS) is 14.3. The highest BCUT2D eigenvalue weighted by molar-refractivity contribution is 5.78. The van der Waals surface area contributed by atoms with Gasteiger partial charge in [-0.25, -0.2) is 19.3 Å². The van der Waals surface area contributed by atoms with Gasteiger partial charge in [-0.3, -0.25) is 4.57 Å². The number of nitrogens with one attached hydrogen (secondary N) is 1. The van der Waals surface area contributed by atoms with Crippen molar-refractivity contribution in [2.24, 2.45) is 0 Å². The van der Waals surface area contributed by atoms with Gasteiger partial charge < -0.3 is 5.32 Å². The van der Waals surface area contributed by atoms with Crippen LogP contribution >= 0.6 is 0 Å². The Labute approximate surface area is 167 Å². The van der Waals surface area contributed by atoms with Crippen LogP contribution in [0.2, 0.25) is 0 Å². The number of benzene rings is 2. The molecule has 1 saturated carbocycles. The summed E-state index contributed by atoms with van der Waals surface area (Å²) in [4.78, 5) is 17.2. The van der Waals surface area contributed by atoms with Crippen LogP contribution in [0.3, 0.4) is 0 Å². The summed E-state index contributed by atoms with van der Waals surface area (Å²) in [6.07, 6.45) is -1.16. The van der Waals surface area contributed by atoms with Gasteiger partial charge in [0.15, 0.2) is 0 Å². The lowest BCUT2D eigenvalue weighted by molar-refractivity contribution is -0.137. The minimum absolute atomic E-state index is 0.153. The van der Waals surface area contributed by atoms with E-state index in [0.717, 1.165) is 30.8 Å². The average molecular weight is 414 g/mol. The van der Waals surface area contributed by atoms with Crippen LogP contribution in [0.4, 0.5) is 29.2 Å². The number of halogens is 4. The molecule has 0 atom stereocenters. The SMILES string of the molecule is Fc1ccc2nc(C3CC3)n(-c3ncnc(Nc4ccc(C(F)(F)F)cc4)n3)c2c1. The zero-order valence-corrected chi connectivity index (χ0v) is 15.4. The van der Waals surface area contributed by atoms with Crippen LogP contribution in [0.15, 0.2) is 48.8 Å². The molecule has 5 rings (SSSR count). The number of fused-ring (bicyclic) bond motifs is 1. The summed E-state index contributed by atoms with van der Waals surface area (Å²) < 4.78 is 53.8. The molecule has 0 radical (unpaired) electrons. The van der Waals surface area contributed by atoms with Crippen molar-refractivity contribution in [2.75, 3.05) is 5.32 Å². The van der Waals surface area contributed by atoms with Gasteiger partial charge in [-0.05, 0) is 49.2 Å². The highest BCUT2D eigenvalue weighted by atomic mass is 19.4. The van der Waals surface area contributed by atoms with Gasteiger partial charge in [0.1, 0.15) is 18.0 Å². The van der Waals surface area contributed by atoms with Gasteiger partial charge in [0.25, 0.3) is 0 Å². The quantitative estimate of drug-likeness (QED) is 0.477. The van der Waals surface area contributed by atoms with E-state index in [4.69, 9.17) is 0 Å². The second-order valence-electron chi connectivity index (χ2n) is 7.02. The molecule has 2 aromatic heterocycles. The molecule has 1 aliphatic carbocycles. The number of hydrogen-bond donors (Lipinski definition) is 1. The van der Waals surface area contributed by atoms with Crippen LogP contribution in [-0.4, -0.2) is 24.5 Å². The van der Waals surface area contributed by atoms with Crippen LogP contribution < -0.4 is 5.32 Å². The largest absolute Gasteiger partial charge is 0.416 e. The molecule has 1 aliphatic rings. The van der Waals surface area contributed by atoms with Crippen LogP contribution in [0.1, 0.15) is 30.1 Å². The predicted molar refractivity (Wildman–Crippen MR) is 101 cm³/mol. The lowest BCUT2D eigenvalue weighted by Crippen LogP contribution is -2.08. The van der Waals surface area contributed by atoms with Crippen LogP contribution in [0.5, 0.6) is 0 Å². The Kier molecular flexibility index (Phi) is 4.16. The maximum Gasteiger partial charge on any atom is 0.416 e. The van der Waals surface area contributed by atoms with E-state index in [2.05, 4.69) is 25.3 Å². The Morgan fingerprint density at radius 3 is 2.43 bits per heavy atom. The van der Waals surface area contributed by atoms with Gasteiger partial charge in [0.2, 0.25) is 11.9 Å². The minimum atomic E-state index is -4.41. The first-order valence-electron chi connectivity index (χ1n) is 9.20. The lowest BCUT2D eigenvalue weighted by atomic mass is 10.2. The fourth-order valence-electron chi connectivity index (χ4n) is 3.22. The second-order valence-corrected chi connectivity index (χ2v) is 7.02. The van der Waals surface area contributed by atoms with E-state index >= 15 is 0 Å². The topological polar surface area (TPSA) is 68.5 Å². The molecule has 10 heteroatoms. The van der Waals surface area contributed by atoms with E-state index < -0.39 is 17.6 Å². The van der Waals surface area contributed by atoms with Crippen molar-refractivity contribution in [1.82, 2.24) is 24.5 Å². The van der Waals surface area contributed by atoms with Gasteiger partial charge in [0.05, 0.1) is 16.6 Å². The van der Waals surface area contributed by atoms with Gasteiger partial charge in [-0.15, -0.1) is 0 Å². The van der Waals surface area contributed by atoms with E-state index in [0.29, 0.717) is 16.7 Å². The van der Waals surface area contributed by atoms with Crippen LogP contribution in [0.25, 0.3) is 17.0 Å². The monoisotopic (exact) mass is 414 g/mol. The van der Waals surface area contributed by atoms with Crippen LogP contribution in [0, 0.1) is 5.82 Å². The first kappa shape index (κ1) is 18.5. The zero-order valence-electron chi connectivity index (χ0n) is 15.4. The molecule has 2 aromatic carbocycles. The van der Waals surface area contributed by atoms with Crippen molar-refractivity contribution >= 4 is 22.7 Å². The van der Waals surface area contributed by atoms with E-state index in [9.17, 15) is 17.6 Å². The van der Waals surface area contributed by atoms with Crippen molar-refractivity contribution in [3.63, 3.8) is 0 Å². The van der Waals surface area contributed by atoms with Crippen molar-refractivity contribution in [2.45, 2.75) is 24.9 Å². The van der Waals surface area contributed by atoms with E-state index in [1.54, 1.807) is 10.6 Å². The van der Waals surface area contributed by atoms with Gasteiger partial charge in [-0.1, -0.05) is 0 Å². The summed E-state index contributed by atoms with van der Waals surface area (Å²) in [5, 5.41) is 2.87. The van der Waals surface area contributed by atoms with Crippen molar-refractivity contribution < 1.29 is 17.6 Å². The first-order chi connectivity index (χ1) is 14.4. The average Bonchev–Trinajstić information content (AvgIpc) is 3.49. The van der Waals surface area contributed by atoms with Gasteiger partial charge in [-0.2, -0.15) is 18.2 Å². The summed E-state index contributed by atoms with van der Waals surface area (Å²) in [5.74, 6) is 1.02. The van der Waals surface area contributed by atoms with Crippen LogP contribution in [-0.2, 0) is 6.18 Å². The summed E-state index contributed by atoms with van der Waals surface area (Å²) in [7, 11) is 0. The molecular formula is C20H14F4N6. The van der Waals surface area contributed by atoms with Crippen molar-refractivity contribution in [3.8, 4) is 5.95 Å². The number of anilines is 2. The molecule has 0 unspecified atom stereocenters. The molecule has 4 aromatic rings. The molecule has 0 bridgehead atoms. The maximum atomic E-state index is 13.9. The van der Waals surface area contributed by atoms with E-state index in [1.165, 1.54) is 30.6 Å². The third-order valence-electron chi connectivity index (χ3n) is 4.81. The third-order valence-corrected chi connectivity index (χ3v) is 4.81. The lowest BCUT2D eigenvalue weighted by Gasteiger charge is -2.10. The smallest absolute Gasteiger partial charge is 0.324 e. The molecule has 1 N–H and O–H groups in total. The zero-order chi connectivity index (χ0) is 20.9. The summed E-state index contributed by atoms with van der Waals surface area (Å²) >= 11 is 0. The van der Waals surface area contributed by atoms with Crippen molar-refractivity contribution in [1.29, 1.82) is 0 Å². The molecule has 0 saturated heterocycles. The second kappa shape index (κ2) is 6.75. The molecule has 2 heterocycles. The maximum absolute atomic E-state index is 13.9. The molecule has 0 aliphatic heterocycles. The Bertz CT molecular complexity index is 1230. The highest BCUT2D eigenvalue weighted by Crippen LogP contribution is 2.41. The molecule has 0 amide bonds. The number of aromatic nitrogens is 5. The Morgan fingerprint density at radius 2 is 1.73 bits per heavy atom. The number of rotatable bonds is 4. The van der Waals surface area contributed by atoms with E-state index in [1.807, 2.05) is 0 Å². The molecule has 0 spiro atoms. The standard InChI is InChI=1S/C20H14F4N6/c21-13-5-8-15-16(9-13)30(17(28-15)11-1-2-11)19-26-10-25-18(29-19)27-14-6-3-12(4-7-14)20(22,23)24/h3-11H,1-2H2,(H,25,26,27,29). The van der Waals surface area contributed by atoms with Gasteiger partial charge in [0, 0.05) is 17.7 Å².